The van der Waals surface area contributed by atoms with Crippen LogP contribution in [0.2, 0.25) is 0 Å². The summed E-state index contributed by atoms with van der Waals surface area (Å²) < 4.78 is 23.3. The molecule has 1 heterocycles. The first kappa shape index (κ1) is 14.8. The molecule has 0 bridgehead atoms. The summed E-state index contributed by atoms with van der Waals surface area (Å²) in [6, 6.07) is 7.43. The van der Waals surface area contributed by atoms with Gasteiger partial charge in [-0.1, -0.05) is 18.2 Å². The molecule has 3 N–H and O–H groups in total. The average molecular weight is 296 g/mol. The van der Waals surface area contributed by atoms with Crippen LogP contribution in [0, 0.1) is 0 Å². The van der Waals surface area contributed by atoms with Gasteiger partial charge in [0.2, 0.25) is 5.91 Å². The number of sulfone groups is 1. The maximum absolute atomic E-state index is 11.7. The molecular weight excluding hydrogens is 276 g/mol. The minimum Gasteiger partial charge on any atom is -0.399 e. The fourth-order valence-corrected chi connectivity index (χ4v) is 4.18. The van der Waals surface area contributed by atoms with Crippen molar-refractivity contribution in [1.29, 1.82) is 0 Å². The number of nitrogens with one attached hydrogen (secondary N) is 1. The summed E-state index contributed by atoms with van der Waals surface area (Å²) in [6.45, 7) is 0.228. The Morgan fingerprint density at radius 1 is 1.35 bits per heavy atom. The average Bonchev–Trinajstić information content (AvgIpc) is 2.74. The Morgan fingerprint density at radius 2 is 2.10 bits per heavy atom. The number of carbonyl (C=O) groups is 1. The van der Waals surface area contributed by atoms with Crippen molar-refractivity contribution in [2.45, 2.75) is 30.9 Å². The van der Waals surface area contributed by atoms with Gasteiger partial charge in [-0.3, -0.25) is 4.79 Å². The zero-order chi connectivity index (χ0) is 14.6. The molecule has 1 amide bonds. The molecule has 1 aliphatic rings. The number of amides is 1. The fourth-order valence-electron chi connectivity index (χ4n) is 2.41. The molecule has 20 heavy (non-hydrogen) atoms. The van der Waals surface area contributed by atoms with Gasteiger partial charge in [-0.25, -0.2) is 8.42 Å². The highest BCUT2D eigenvalue weighted by Gasteiger charge is 2.31. The zero-order valence-electron chi connectivity index (χ0n) is 11.3. The number of rotatable bonds is 5. The fraction of sp³-hybridized carbons (Fsp3) is 0.500. The lowest BCUT2D eigenvalue weighted by Crippen LogP contribution is -2.34. The lowest BCUT2D eigenvalue weighted by atomic mass is 10.1. The van der Waals surface area contributed by atoms with E-state index in [1.807, 2.05) is 18.2 Å². The molecule has 1 fully saturated rings. The lowest BCUT2D eigenvalue weighted by Gasteiger charge is -2.11. The van der Waals surface area contributed by atoms with E-state index >= 15 is 0 Å². The van der Waals surface area contributed by atoms with Crippen molar-refractivity contribution in [2.24, 2.45) is 0 Å². The number of carbonyl (C=O) groups excluding carboxylic acids is 1. The van der Waals surface area contributed by atoms with Crippen LogP contribution in [0.5, 0.6) is 0 Å². The second kappa shape index (κ2) is 6.26. The van der Waals surface area contributed by atoms with Crippen molar-refractivity contribution in [3.8, 4) is 0 Å². The largest absolute Gasteiger partial charge is 0.399 e. The van der Waals surface area contributed by atoms with E-state index in [-0.39, 0.29) is 18.2 Å². The van der Waals surface area contributed by atoms with E-state index in [2.05, 4.69) is 5.32 Å². The Morgan fingerprint density at radius 3 is 2.75 bits per heavy atom. The summed E-state index contributed by atoms with van der Waals surface area (Å²) in [5.74, 6) is 0.115. The Hall–Kier alpha value is -1.56. The number of anilines is 1. The van der Waals surface area contributed by atoms with Gasteiger partial charge < -0.3 is 11.1 Å². The number of nitrogens with two attached hydrogens (primary N) is 1. The number of nitrogen functional groups attached to an aromatic ring is 1. The molecule has 2 rings (SSSR count). The quantitative estimate of drug-likeness (QED) is 0.790. The molecule has 1 atom stereocenters. The highest BCUT2D eigenvalue weighted by Crippen LogP contribution is 2.19. The van der Waals surface area contributed by atoms with Gasteiger partial charge >= 0.3 is 0 Å². The van der Waals surface area contributed by atoms with E-state index in [4.69, 9.17) is 5.73 Å². The van der Waals surface area contributed by atoms with Crippen LogP contribution in [0.1, 0.15) is 24.8 Å². The van der Waals surface area contributed by atoms with Gasteiger partial charge in [0.05, 0.1) is 11.0 Å². The number of benzene rings is 1. The maximum Gasteiger partial charge on any atom is 0.220 e. The minimum atomic E-state index is -2.99. The summed E-state index contributed by atoms with van der Waals surface area (Å²) in [5.41, 5.74) is 7.43. The van der Waals surface area contributed by atoms with Crippen LogP contribution in [0.15, 0.2) is 24.3 Å². The minimum absolute atomic E-state index is 0.129. The van der Waals surface area contributed by atoms with Crippen molar-refractivity contribution in [3.05, 3.63) is 29.8 Å². The van der Waals surface area contributed by atoms with Gasteiger partial charge in [0.1, 0.15) is 0 Å². The van der Waals surface area contributed by atoms with E-state index in [9.17, 15) is 13.2 Å². The molecule has 0 saturated carbocycles. The highest BCUT2D eigenvalue weighted by atomic mass is 32.2. The third kappa shape index (κ3) is 3.72. The second-order valence-electron chi connectivity index (χ2n) is 5.13. The first-order valence-electron chi connectivity index (χ1n) is 6.81. The van der Waals surface area contributed by atoms with Crippen molar-refractivity contribution in [2.75, 3.05) is 18.0 Å². The molecule has 1 aromatic rings. The van der Waals surface area contributed by atoms with Gasteiger partial charge in [-0.15, -0.1) is 0 Å². The van der Waals surface area contributed by atoms with Gasteiger partial charge in [-0.2, -0.15) is 0 Å². The second-order valence-corrected chi connectivity index (χ2v) is 7.53. The molecule has 1 saturated heterocycles. The smallest absolute Gasteiger partial charge is 0.220 e. The molecule has 1 unspecified atom stereocenters. The van der Waals surface area contributed by atoms with Crippen molar-refractivity contribution in [3.63, 3.8) is 0 Å². The molecule has 0 spiro atoms. The van der Waals surface area contributed by atoms with E-state index in [1.54, 1.807) is 6.07 Å². The number of para-hydroxylation sites is 1. The molecule has 1 aliphatic heterocycles. The van der Waals surface area contributed by atoms with E-state index < -0.39 is 15.1 Å². The Balaban J connectivity index is 1.78. The van der Waals surface area contributed by atoms with Gasteiger partial charge in [-0.05, 0) is 30.9 Å². The zero-order valence-corrected chi connectivity index (χ0v) is 12.2. The van der Waals surface area contributed by atoms with Crippen LogP contribution in [-0.4, -0.2) is 31.9 Å². The molecule has 0 radical (unpaired) electrons. The van der Waals surface area contributed by atoms with Crippen LogP contribution in [0.25, 0.3) is 0 Å². The standard InChI is InChI=1S/C14H20N2O3S/c15-13-6-2-1-4-11(13)7-8-14(17)16-10-12-5-3-9-20(12,18)19/h1-2,4,6,12H,3,5,7-10,15H2,(H,16,17). The number of hydrogen-bond acceptors (Lipinski definition) is 4. The van der Waals surface area contributed by atoms with Crippen LogP contribution >= 0.6 is 0 Å². The van der Waals surface area contributed by atoms with Gasteiger partial charge in [0.25, 0.3) is 0 Å². The first-order chi connectivity index (χ1) is 9.49. The molecular formula is C14H20N2O3S. The Kier molecular flexibility index (Phi) is 4.65. The molecule has 110 valence electrons. The van der Waals surface area contributed by atoms with Crippen LogP contribution in [0.4, 0.5) is 5.69 Å². The lowest BCUT2D eigenvalue weighted by molar-refractivity contribution is -0.121. The third-order valence-corrected chi connectivity index (χ3v) is 5.94. The van der Waals surface area contributed by atoms with Crippen LogP contribution in [-0.2, 0) is 21.1 Å². The van der Waals surface area contributed by atoms with E-state index in [1.165, 1.54) is 0 Å². The first-order valence-corrected chi connectivity index (χ1v) is 8.52. The van der Waals surface area contributed by atoms with Crippen LogP contribution < -0.4 is 11.1 Å². The summed E-state index contributed by atoms with van der Waals surface area (Å²) in [5, 5.41) is 2.30. The molecule has 0 aliphatic carbocycles. The molecule has 0 aromatic heterocycles. The maximum atomic E-state index is 11.7. The predicted molar refractivity (Wildman–Crippen MR) is 79.0 cm³/mol. The summed E-state index contributed by atoms with van der Waals surface area (Å²) >= 11 is 0. The molecule has 1 aromatic carbocycles. The van der Waals surface area contributed by atoms with Crippen molar-refractivity contribution >= 4 is 21.4 Å². The monoisotopic (exact) mass is 296 g/mol. The van der Waals surface area contributed by atoms with Crippen molar-refractivity contribution in [1.82, 2.24) is 5.32 Å². The van der Waals surface area contributed by atoms with Gasteiger partial charge in [0, 0.05) is 18.7 Å². The SMILES string of the molecule is Nc1ccccc1CCC(=O)NCC1CCCS1(=O)=O. The van der Waals surface area contributed by atoms with Crippen LogP contribution in [0.3, 0.4) is 0 Å². The normalized spacial score (nSPS) is 20.7. The molecule has 5 nitrogen and oxygen atoms in total. The third-order valence-electron chi connectivity index (χ3n) is 3.67. The highest BCUT2D eigenvalue weighted by molar-refractivity contribution is 7.92. The topological polar surface area (TPSA) is 89.3 Å². The van der Waals surface area contributed by atoms with E-state index in [0.717, 1.165) is 5.56 Å². The number of aryl methyl sites for hydroxylation is 1. The predicted octanol–water partition coefficient (Wildman–Crippen LogP) is 0.895. The van der Waals surface area contributed by atoms with Crippen molar-refractivity contribution < 1.29 is 13.2 Å². The van der Waals surface area contributed by atoms with Gasteiger partial charge in [0.15, 0.2) is 9.84 Å². The summed E-state index contributed by atoms with van der Waals surface area (Å²) in [6.07, 6.45) is 2.23. The molecule has 6 heteroatoms. The van der Waals surface area contributed by atoms with E-state index in [0.29, 0.717) is 31.4 Å². The Labute approximate surface area is 119 Å². The summed E-state index contributed by atoms with van der Waals surface area (Å²) in [4.78, 5) is 11.7. The Bertz CT molecular complexity index is 584. The summed E-state index contributed by atoms with van der Waals surface area (Å²) in [7, 11) is -2.99. The number of hydrogen-bond donors (Lipinski definition) is 2.